The molecule has 5 unspecified atom stereocenters. The Bertz CT molecular complexity index is 578. The maximum absolute atomic E-state index is 11.8. The summed E-state index contributed by atoms with van der Waals surface area (Å²) in [6.07, 6.45) is -3.92. The van der Waals surface area contributed by atoms with Crippen molar-refractivity contribution in [1.29, 1.82) is 0 Å². The van der Waals surface area contributed by atoms with Gasteiger partial charge in [-0.25, -0.2) is 0 Å². The van der Waals surface area contributed by atoms with Crippen LogP contribution in [0.4, 0.5) is 17.5 Å². The Balaban J connectivity index is 1.96. The quantitative estimate of drug-likeness (QED) is 0.292. The molecule has 0 aromatic carbocycles. The zero-order chi connectivity index (χ0) is 14.4. The van der Waals surface area contributed by atoms with Gasteiger partial charge in [-0.05, 0) is 0 Å². The van der Waals surface area contributed by atoms with E-state index in [0.717, 1.165) is 0 Å². The van der Waals surface area contributed by atoms with Gasteiger partial charge in [0.1, 0.15) is 23.9 Å². The average Bonchev–Trinajstić information content (AvgIpc) is 2.41. The molecule has 1 fully saturated rings. The molecule has 10 nitrogen and oxygen atoms in total. The lowest BCUT2D eigenvalue weighted by molar-refractivity contribution is -0.178. The van der Waals surface area contributed by atoms with E-state index in [1.54, 1.807) is 0 Å². The summed E-state index contributed by atoms with van der Waals surface area (Å²) in [6, 6.07) is -0.730. The summed E-state index contributed by atoms with van der Waals surface area (Å²) in [6.45, 7) is -0.194. The summed E-state index contributed by atoms with van der Waals surface area (Å²) < 4.78 is 5.49. The van der Waals surface area contributed by atoms with Gasteiger partial charge in [0, 0.05) is 0 Å². The highest BCUT2D eigenvalue weighted by molar-refractivity contribution is 5.68. The van der Waals surface area contributed by atoms with Gasteiger partial charge in [0.05, 0.1) is 0 Å². The van der Waals surface area contributed by atoms with Crippen LogP contribution >= 0.6 is 0 Å². The molecule has 0 aliphatic carbocycles. The fraction of sp³-hybridized carbons (Fsp3) is 0.600. The van der Waals surface area contributed by atoms with Gasteiger partial charge in [0.2, 0.25) is 5.95 Å². The number of hydrogen-bond donors (Lipinski definition) is 6. The van der Waals surface area contributed by atoms with Crippen molar-refractivity contribution in [2.75, 3.05) is 23.0 Å². The predicted molar refractivity (Wildman–Crippen MR) is 69.5 cm³/mol. The van der Waals surface area contributed by atoms with Gasteiger partial charge < -0.3 is 36.4 Å². The van der Waals surface area contributed by atoms with Crippen molar-refractivity contribution in [2.24, 2.45) is 0 Å². The van der Waals surface area contributed by atoms with Crippen LogP contribution in [0.15, 0.2) is 4.79 Å². The molecular formula is C10H16N5O5+. The van der Waals surface area contributed by atoms with Crippen molar-refractivity contribution in [1.82, 2.24) is 9.97 Å². The zero-order valence-corrected chi connectivity index (χ0v) is 10.3. The molecule has 9 N–H and O–H groups in total. The molecular weight excluding hydrogens is 270 g/mol. The maximum Gasteiger partial charge on any atom is 0.277 e. The van der Waals surface area contributed by atoms with Gasteiger partial charge in [-0.1, -0.05) is 0 Å². The maximum atomic E-state index is 11.8. The van der Waals surface area contributed by atoms with Crippen molar-refractivity contribution in [3.05, 3.63) is 10.4 Å². The Kier molecular flexibility index (Phi) is 3.01. The van der Waals surface area contributed by atoms with Crippen LogP contribution in [0, 0.1) is 0 Å². The molecule has 0 spiro atoms. The number of aliphatic hydroxyl groups is 2. The van der Waals surface area contributed by atoms with Crippen LogP contribution in [0.3, 0.4) is 0 Å². The largest absolute Gasteiger partial charge is 0.443 e. The first-order chi connectivity index (χ1) is 9.51. The van der Waals surface area contributed by atoms with Crippen LogP contribution in [0.25, 0.3) is 0 Å². The minimum Gasteiger partial charge on any atom is -0.443 e. The van der Waals surface area contributed by atoms with E-state index in [9.17, 15) is 15.0 Å². The average molecular weight is 286 g/mol. The van der Waals surface area contributed by atoms with Gasteiger partial charge >= 0.3 is 0 Å². The Morgan fingerprint density at radius 3 is 2.80 bits per heavy atom. The molecule has 0 saturated carbocycles. The number of fused-ring (bicyclic) bond motifs is 2. The molecule has 110 valence electrons. The number of aliphatic hydroxyl groups excluding tert-OH is 2. The smallest absolute Gasteiger partial charge is 0.277 e. The van der Waals surface area contributed by atoms with E-state index in [0.29, 0.717) is 0 Å². The Morgan fingerprint density at radius 1 is 1.35 bits per heavy atom. The third kappa shape index (κ3) is 1.89. The molecule has 0 bridgehead atoms. The topological polar surface area (TPSA) is 168 Å². The number of anilines is 3. The number of nitrogen functional groups attached to an aromatic ring is 1. The van der Waals surface area contributed by atoms with E-state index in [2.05, 4.69) is 20.6 Å². The second-order valence-electron chi connectivity index (χ2n) is 4.77. The van der Waals surface area contributed by atoms with Crippen LogP contribution in [-0.4, -0.2) is 62.5 Å². The van der Waals surface area contributed by atoms with Crippen molar-refractivity contribution in [2.45, 2.75) is 30.6 Å². The van der Waals surface area contributed by atoms with Gasteiger partial charge in [0.15, 0.2) is 24.8 Å². The van der Waals surface area contributed by atoms with Crippen LogP contribution in [0.1, 0.15) is 0 Å². The normalized spacial score (nSPS) is 35.5. The third-order valence-electron chi connectivity index (χ3n) is 3.48. The number of aromatic nitrogens is 2. The molecule has 1 saturated heterocycles. The van der Waals surface area contributed by atoms with E-state index >= 15 is 0 Å². The van der Waals surface area contributed by atoms with E-state index in [-0.39, 0.29) is 24.1 Å². The highest BCUT2D eigenvalue weighted by Gasteiger charge is 2.47. The molecule has 0 amide bonds. The lowest BCUT2D eigenvalue weighted by Gasteiger charge is -2.44. The number of nitrogens with two attached hydrogens (primary N) is 1. The standard InChI is InChI=1S/C10H15N5O5/c11-10-14-7-4(8(19)15-10)12-3-6(18)5(17)2(1-16)20-9(3)13-7/h2-3,5-6,9,12,16-18H,1H2,(H4,11,13,14,15,19)/p+1. The van der Waals surface area contributed by atoms with Crippen molar-refractivity contribution >= 4 is 17.5 Å². The Hall–Kier alpha value is -1.88. The van der Waals surface area contributed by atoms with Gasteiger partial charge in [-0.15, -0.1) is 0 Å². The number of H-pyrrole nitrogens is 1. The molecule has 2 aliphatic heterocycles. The van der Waals surface area contributed by atoms with Crippen LogP contribution in [0.5, 0.6) is 0 Å². The molecule has 5 atom stereocenters. The highest BCUT2D eigenvalue weighted by Crippen LogP contribution is 2.30. The van der Waals surface area contributed by atoms with Crippen molar-refractivity contribution in [3.63, 3.8) is 0 Å². The van der Waals surface area contributed by atoms with E-state index < -0.39 is 36.1 Å². The fourth-order valence-electron chi connectivity index (χ4n) is 2.45. The van der Waals surface area contributed by atoms with Crippen LogP contribution in [-0.2, 0) is 4.74 Å². The monoisotopic (exact) mass is 286 g/mol. The first-order valence-electron chi connectivity index (χ1n) is 6.10. The zero-order valence-electron chi connectivity index (χ0n) is 10.3. The number of aromatic amines is 1. The SMILES string of the molecule is Nc1nc2c(c(=O)[nH]1)NC1C(N2)OC(C[OH2+])C(O)C1O. The molecule has 1 aromatic rings. The lowest BCUT2D eigenvalue weighted by Crippen LogP contribution is -2.65. The molecule has 1 aromatic heterocycles. The Labute approximate surface area is 112 Å². The lowest BCUT2D eigenvalue weighted by atomic mass is 9.94. The predicted octanol–water partition coefficient (Wildman–Crippen LogP) is -3.27. The summed E-state index contributed by atoms with van der Waals surface area (Å²) in [5.41, 5.74) is 5.10. The number of nitrogens with zero attached hydrogens (tertiary/aromatic N) is 1. The summed E-state index contributed by atoms with van der Waals surface area (Å²) in [4.78, 5) is 18.0. The summed E-state index contributed by atoms with van der Waals surface area (Å²) in [5.74, 6) is 0.162. The Morgan fingerprint density at radius 2 is 2.10 bits per heavy atom. The number of nitrogens with one attached hydrogen (secondary N) is 3. The highest BCUT2D eigenvalue weighted by atomic mass is 16.5. The van der Waals surface area contributed by atoms with E-state index in [4.69, 9.17) is 15.6 Å². The molecule has 0 radical (unpaired) electrons. The van der Waals surface area contributed by atoms with E-state index in [1.807, 2.05) is 0 Å². The summed E-state index contributed by atoms with van der Waals surface area (Å²) >= 11 is 0. The minimum absolute atomic E-state index is 0.0464. The van der Waals surface area contributed by atoms with Gasteiger partial charge in [-0.3, -0.25) is 9.78 Å². The third-order valence-corrected chi connectivity index (χ3v) is 3.48. The molecule has 3 heterocycles. The second kappa shape index (κ2) is 4.59. The fourth-order valence-corrected chi connectivity index (χ4v) is 2.45. The molecule has 20 heavy (non-hydrogen) atoms. The summed E-state index contributed by atoms with van der Waals surface area (Å²) in [7, 11) is 0. The summed E-state index contributed by atoms with van der Waals surface area (Å²) in [5, 5.41) is 32.9. The molecule has 10 heteroatoms. The second-order valence-corrected chi connectivity index (χ2v) is 4.77. The first-order valence-corrected chi connectivity index (χ1v) is 6.10. The van der Waals surface area contributed by atoms with E-state index in [1.165, 1.54) is 0 Å². The first kappa shape index (κ1) is 13.1. The van der Waals surface area contributed by atoms with Crippen LogP contribution in [0.2, 0.25) is 0 Å². The number of ether oxygens (including phenoxy) is 1. The van der Waals surface area contributed by atoms with Gasteiger partial charge in [-0.2, -0.15) is 4.98 Å². The van der Waals surface area contributed by atoms with Gasteiger partial charge in [0.25, 0.3) is 5.56 Å². The molecule has 3 rings (SSSR count). The number of hydrogen-bond acceptors (Lipinski definition) is 8. The van der Waals surface area contributed by atoms with Crippen LogP contribution < -0.4 is 21.9 Å². The van der Waals surface area contributed by atoms with Crippen molar-refractivity contribution in [3.8, 4) is 0 Å². The minimum atomic E-state index is -1.20. The molecule has 2 aliphatic rings. The van der Waals surface area contributed by atoms with Crippen molar-refractivity contribution < 1.29 is 20.1 Å². The number of rotatable bonds is 1.